The van der Waals surface area contributed by atoms with Crippen LogP contribution in [0, 0.1) is 0 Å². The fourth-order valence-electron chi connectivity index (χ4n) is 2.36. The van der Waals surface area contributed by atoms with Gasteiger partial charge in [0.1, 0.15) is 5.75 Å². The summed E-state index contributed by atoms with van der Waals surface area (Å²) >= 11 is 0. The van der Waals surface area contributed by atoms with E-state index in [2.05, 4.69) is 5.32 Å². The van der Waals surface area contributed by atoms with Crippen LogP contribution >= 0.6 is 0 Å². The molecular weight excluding hydrogens is 305 g/mol. The number of hydrogen-bond acceptors (Lipinski definition) is 4. The fraction of sp³-hybridized carbons (Fsp3) is 0.611. The summed E-state index contributed by atoms with van der Waals surface area (Å²) in [5.74, 6) is 0.728. The second-order valence-electron chi connectivity index (χ2n) is 7.48. The van der Waals surface area contributed by atoms with Crippen molar-refractivity contribution in [3.8, 4) is 5.75 Å². The SMILES string of the molecule is CC(C)NC(=O)CCOc1ccc(B2OC(C)(C)C(C)(C)O2)cc1. The van der Waals surface area contributed by atoms with Crippen molar-refractivity contribution >= 4 is 18.5 Å². The summed E-state index contributed by atoms with van der Waals surface area (Å²) < 4.78 is 17.7. The lowest BCUT2D eigenvalue weighted by atomic mass is 9.79. The Morgan fingerprint density at radius 3 is 2.17 bits per heavy atom. The van der Waals surface area contributed by atoms with E-state index in [9.17, 15) is 4.79 Å². The summed E-state index contributed by atoms with van der Waals surface area (Å²) in [7, 11) is -0.374. The number of carbonyl (C=O) groups excluding carboxylic acids is 1. The molecule has 1 aromatic carbocycles. The zero-order chi connectivity index (χ0) is 18.0. The molecule has 5 nitrogen and oxygen atoms in total. The van der Waals surface area contributed by atoms with Gasteiger partial charge in [0.15, 0.2) is 0 Å². The minimum atomic E-state index is -0.374. The van der Waals surface area contributed by atoms with Crippen LogP contribution in [0.5, 0.6) is 5.75 Å². The highest BCUT2D eigenvalue weighted by atomic mass is 16.7. The van der Waals surface area contributed by atoms with Gasteiger partial charge in [-0.1, -0.05) is 12.1 Å². The molecule has 0 aliphatic carbocycles. The quantitative estimate of drug-likeness (QED) is 0.812. The fourth-order valence-corrected chi connectivity index (χ4v) is 2.36. The average molecular weight is 333 g/mol. The van der Waals surface area contributed by atoms with Gasteiger partial charge in [0.2, 0.25) is 5.91 Å². The molecule has 1 fully saturated rings. The van der Waals surface area contributed by atoms with Gasteiger partial charge in [-0.3, -0.25) is 4.79 Å². The number of nitrogens with one attached hydrogen (secondary N) is 1. The van der Waals surface area contributed by atoms with Crippen LogP contribution in [0.15, 0.2) is 24.3 Å². The first-order valence-corrected chi connectivity index (χ1v) is 8.48. The Morgan fingerprint density at radius 2 is 1.67 bits per heavy atom. The molecule has 1 aliphatic rings. The Morgan fingerprint density at radius 1 is 1.12 bits per heavy atom. The maximum Gasteiger partial charge on any atom is 0.494 e. The van der Waals surface area contributed by atoms with E-state index in [4.69, 9.17) is 14.0 Å². The number of amides is 1. The van der Waals surface area contributed by atoms with Crippen LogP contribution in [-0.4, -0.2) is 36.9 Å². The first-order valence-electron chi connectivity index (χ1n) is 8.48. The Kier molecular flexibility index (Phi) is 5.61. The summed E-state index contributed by atoms with van der Waals surface area (Å²) in [6, 6.07) is 7.77. The van der Waals surface area contributed by atoms with Crippen molar-refractivity contribution < 1.29 is 18.8 Å². The number of carbonyl (C=O) groups is 1. The average Bonchev–Trinajstić information content (AvgIpc) is 2.67. The van der Waals surface area contributed by atoms with Crippen molar-refractivity contribution in [3.05, 3.63) is 24.3 Å². The lowest BCUT2D eigenvalue weighted by molar-refractivity contribution is -0.122. The van der Waals surface area contributed by atoms with Gasteiger partial charge >= 0.3 is 7.12 Å². The molecule has 1 saturated heterocycles. The summed E-state index contributed by atoms with van der Waals surface area (Å²) in [5, 5.41) is 2.84. The molecule has 1 aliphatic heterocycles. The van der Waals surface area contributed by atoms with E-state index in [-0.39, 0.29) is 30.3 Å². The molecule has 6 heteroatoms. The standard InChI is InChI=1S/C18H28BNO4/c1-13(2)20-16(21)11-12-22-15-9-7-14(8-10-15)19-23-17(3,4)18(5,6)24-19/h7-10,13H,11-12H2,1-6H3,(H,20,21). The molecule has 24 heavy (non-hydrogen) atoms. The van der Waals surface area contributed by atoms with Gasteiger partial charge in [-0.05, 0) is 59.1 Å². The number of benzene rings is 1. The van der Waals surface area contributed by atoms with E-state index in [1.807, 2.05) is 65.8 Å². The van der Waals surface area contributed by atoms with Gasteiger partial charge in [-0.2, -0.15) is 0 Å². The highest BCUT2D eigenvalue weighted by molar-refractivity contribution is 6.62. The molecule has 132 valence electrons. The second kappa shape index (κ2) is 7.15. The van der Waals surface area contributed by atoms with Crippen LogP contribution in [0.3, 0.4) is 0 Å². The van der Waals surface area contributed by atoms with Gasteiger partial charge in [0.25, 0.3) is 0 Å². The zero-order valence-corrected chi connectivity index (χ0v) is 15.5. The number of ether oxygens (including phenoxy) is 1. The monoisotopic (exact) mass is 333 g/mol. The van der Waals surface area contributed by atoms with Gasteiger partial charge in [-0.25, -0.2) is 0 Å². The van der Waals surface area contributed by atoms with Crippen molar-refractivity contribution in [2.24, 2.45) is 0 Å². The molecule has 2 rings (SSSR count). The molecule has 0 spiro atoms. The first-order chi connectivity index (χ1) is 11.1. The zero-order valence-electron chi connectivity index (χ0n) is 15.5. The van der Waals surface area contributed by atoms with E-state index in [1.165, 1.54) is 0 Å². The predicted octanol–water partition coefficient (Wildman–Crippen LogP) is 2.28. The van der Waals surface area contributed by atoms with Crippen molar-refractivity contribution in [2.45, 2.75) is 65.2 Å². The molecule has 1 amide bonds. The first kappa shape index (κ1) is 18.8. The molecule has 1 heterocycles. The molecule has 0 atom stereocenters. The maximum atomic E-state index is 11.6. The lowest BCUT2D eigenvalue weighted by Gasteiger charge is -2.32. The maximum absolute atomic E-state index is 11.6. The van der Waals surface area contributed by atoms with Gasteiger partial charge < -0.3 is 19.4 Å². The number of hydrogen-bond donors (Lipinski definition) is 1. The van der Waals surface area contributed by atoms with Crippen LogP contribution in [-0.2, 0) is 14.1 Å². The van der Waals surface area contributed by atoms with E-state index in [0.717, 1.165) is 11.2 Å². The summed E-state index contributed by atoms with van der Waals surface area (Å²) in [6.45, 7) is 12.4. The molecule has 0 aromatic heterocycles. The molecule has 0 bridgehead atoms. The third-order valence-corrected chi connectivity index (χ3v) is 4.45. The van der Waals surface area contributed by atoms with Crippen LogP contribution in [0.25, 0.3) is 0 Å². The summed E-state index contributed by atoms with van der Waals surface area (Å²) in [6.07, 6.45) is 0.344. The van der Waals surface area contributed by atoms with Crippen LogP contribution < -0.4 is 15.5 Å². The van der Waals surface area contributed by atoms with Crippen LogP contribution in [0.4, 0.5) is 0 Å². The van der Waals surface area contributed by atoms with Crippen molar-refractivity contribution in [2.75, 3.05) is 6.61 Å². The third kappa shape index (κ3) is 4.51. The van der Waals surface area contributed by atoms with E-state index >= 15 is 0 Å². The molecule has 1 N–H and O–H groups in total. The van der Waals surface area contributed by atoms with Crippen LogP contribution in [0.1, 0.15) is 48.0 Å². The van der Waals surface area contributed by atoms with Crippen molar-refractivity contribution in [1.82, 2.24) is 5.32 Å². The van der Waals surface area contributed by atoms with Gasteiger partial charge in [0, 0.05) is 6.04 Å². The molecular formula is C18H28BNO4. The van der Waals surface area contributed by atoms with Gasteiger partial charge in [0.05, 0.1) is 24.2 Å². The Hall–Kier alpha value is -1.53. The Balaban J connectivity index is 1.87. The third-order valence-electron chi connectivity index (χ3n) is 4.45. The number of rotatable bonds is 6. The molecule has 0 unspecified atom stereocenters. The minimum Gasteiger partial charge on any atom is -0.493 e. The highest BCUT2D eigenvalue weighted by Gasteiger charge is 2.51. The molecule has 1 aromatic rings. The van der Waals surface area contributed by atoms with Crippen molar-refractivity contribution in [3.63, 3.8) is 0 Å². The Labute approximate surface area is 145 Å². The summed E-state index contributed by atoms with van der Waals surface area (Å²) in [4.78, 5) is 11.6. The minimum absolute atomic E-state index is 0.00108. The smallest absolute Gasteiger partial charge is 0.493 e. The van der Waals surface area contributed by atoms with E-state index < -0.39 is 0 Å². The molecule has 0 saturated carbocycles. The van der Waals surface area contributed by atoms with Crippen LogP contribution in [0.2, 0.25) is 0 Å². The second-order valence-corrected chi connectivity index (χ2v) is 7.48. The van der Waals surface area contributed by atoms with Crippen molar-refractivity contribution in [1.29, 1.82) is 0 Å². The Bertz CT molecular complexity index is 553. The predicted molar refractivity (Wildman–Crippen MR) is 95.5 cm³/mol. The van der Waals surface area contributed by atoms with E-state index in [0.29, 0.717) is 13.0 Å². The topological polar surface area (TPSA) is 56.8 Å². The molecule has 0 radical (unpaired) electrons. The highest BCUT2D eigenvalue weighted by Crippen LogP contribution is 2.36. The van der Waals surface area contributed by atoms with Gasteiger partial charge in [-0.15, -0.1) is 0 Å². The van der Waals surface area contributed by atoms with E-state index in [1.54, 1.807) is 0 Å². The normalized spacial score (nSPS) is 18.7. The largest absolute Gasteiger partial charge is 0.494 e. The summed E-state index contributed by atoms with van der Waals surface area (Å²) in [5.41, 5.74) is 0.256. The lowest BCUT2D eigenvalue weighted by Crippen LogP contribution is -2.41.